The Kier molecular flexibility index (Phi) is 7.43. The summed E-state index contributed by atoms with van der Waals surface area (Å²) in [5, 5.41) is 4.70. The lowest BCUT2D eigenvalue weighted by molar-refractivity contribution is 0.669. The maximum absolute atomic E-state index is 6.40. The van der Waals surface area contributed by atoms with Crippen molar-refractivity contribution in [2.75, 3.05) is 0 Å². The molecule has 0 aliphatic heterocycles. The Hall–Kier alpha value is -7.17. The highest BCUT2D eigenvalue weighted by molar-refractivity contribution is 6.13. The average Bonchev–Trinajstić information content (AvgIpc) is 3.62. The molecular formula is C49H31N3O. The van der Waals surface area contributed by atoms with Crippen LogP contribution in [0.1, 0.15) is 0 Å². The SMILES string of the molecule is c1ccc(-c2nc(-c3ccc(-c4ccc5c(c4)oc4cccc(-c6ccccc6)c45)cc3)nc(-c3ccc(-c4cccc5ccccc45)cc3)n2)cc1. The van der Waals surface area contributed by atoms with E-state index in [1.54, 1.807) is 0 Å². The minimum absolute atomic E-state index is 0.625. The largest absolute Gasteiger partial charge is 0.456 e. The Morgan fingerprint density at radius 3 is 1.49 bits per heavy atom. The second-order valence-corrected chi connectivity index (χ2v) is 13.2. The monoisotopic (exact) mass is 677 g/mol. The molecular weight excluding hydrogens is 647 g/mol. The highest BCUT2D eigenvalue weighted by Crippen LogP contribution is 2.38. The lowest BCUT2D eigenvalue weighted by Crippen LogP contribution is -2.00. The van der Waals surface area contributed by atoms with Crippen LogP contribution in [0, 0.1) is 0 Å². The third-order valence-electron chi connectivity index (χ3n) is 9.97. The third kappa shape index (κ3) is 5.63. The van der Waals surface area contributed by atoms with Gasteiger partial charge in [-0.3, -0.25) is 0 Å². The molecule has 0 spiro atoms. The Bertz CT molecular complexity index is 2910. The van der Waals surface area contributed by atoms with Crippen molar-refractivity contribution in [1.29, 1.82) is 0 Å². The molecule has 0 bridgehead atoms. The number of hydrogen-bond donors (Lipinski definition) is 0. The predicted octanol–water partition coefficient (Wildman–Crippen LogP) is 12.9. The summed E-state index contributed by atoms with van der Waals surface area (Å²) in [6.45, 7) is 0. The Morgan fingerprint density at radius 2 is 0.792 bits per heavy atom. The van der Waals surface area contributed by atoms with Gasteiger partial charge in [0, 0.05) is 27.5 Å². The molecule has 0 atom stereocenters. The van der Waals surface area contributed by atoms with Gasteiger partial charge < -0.3 is 4.42 Å². The zero-order valence-corrected chi connectivity index (χ0v) is 28.6. The minimum atomic E-state index is 0.625. The number of benzene rings is 8. The van der Waals surface area contributed by atoms with Gasteiger partial charge in [-0.1, -0.05) is 170 Å². The second-order valence-electron chi connectivity index (χ2n) is 13.2. The van der Waals surface area contributed by atoms with Crippen molar-refractivity contribution in [3.63, 3.8) is 0 Å². The molecule has 10 aromatic rings. The number of rotatable bonds is 6. The van der Waals surface area contributed by atoms with Crippen LogP contribution >= 0.6 is 0 Å². The van der Waals surface area contributed by atoms with E-state index in [-0.39, 0.29) is 0 Å². The zero-order chi connectivity index (χ0) is 35.1. The first-order valence-corrected chi connectivity index (χ1v) is 17.8. The van der Waals surface area contributed by atoms with Gasteiger partial charge in [0.2, 0.25) is 0 Å². The van der Waals surface area contributed by atoms with Crippen molar-refractivity contribution in [2.24, 2.45) is 0 Å². The van der Waals surface area contributed by atoms with Crippen LogP contribution in [-0.4, -0.2) is 15.0 Å². The third-order valence-corrected chi connectivity index (χ3v) is 9.97. The van der Waals surface area contributed by atoms with Crippen molar-refractivity contribution < 1.29 is 4.42 Å². The smallest absolute Gasteiger partial charge is 0.164 e. The Morgan fingerprint density at radius 1 is 0.302 bits per heavy atom. The van der Waals surface area contributed by atoms with E-state index in [1.165, 1.54) is 27.5 Å². The number of aromatic nitrogens is 3. The van der Waals surface area contributed by atoms with Crippen LogP contribution in [-0.2, 0) is 0 Å². The molecule has 2 heterocycles. The van der Waals surface area contributed by atoms with Crippen LogP contribution in [0.2, 0.25) is 0 Å². The zero-order valence-electron chi connectivity index (χ0n) is 28.6. The Balaban J connectivity index is 1.00. The van der Waals surface area contributed by atoms with Gasteiger partial charge in [-0.05, 0) is 62.4 Å². The van der Waals surface area contributed by atoms with E-state index >= 15 is 0 Å². The fourth-order valence-electron chi connectivity index (χ4n) is 7.30. The maximum atomic E-state index is 6.40. The molecule has 0 unspecified atom stereocenters. The van der Waals surface area contributed by atoms with E-state index in [0.717, 1.165) is 55.3 Å². The summed E-state index contributed by atoms with van der Waals surface area (Å²) in [5.41, 5.74) is 11.4. The lowest BCUT2D eigenvalue weighted by Gasteiger charge is -2.10. The molecule has 4 nitrogen and oxygen atoms in total. The molecule has 0 aliphatic carbocycles. The molecule has 0 fully saturated rings. The second kappa shape index (κ2) is 12.9. The van der Waals surface area contributed by atoms with Crippen molar-refractivity contribution in [3.8, 4) is 67.5 Å². The van der Waals surface area contributed by atoms with Crippen LogP contribution in [0.15, 0.2) is 192 Å². The van der Waals surface area contributed by atoms with E-state index in [4.69, 9.17) is 19.4 Å². The van der Waals surface area contributed by atoms with Gasteiger partial charge in [0.05, 0.1) is 0 Å². The average molecular weight is 678 g/mol. The quantitative estimate of drug-likeness (QED) is 0.176. The number of fused-ring (bicyclic) bond motifs is 4. The molecule has 0 N–H and O–H groups in total. The lowest BCUT2D eigenvalue weighted by atomic mass is 9.97. The molecule has 0 aliphatic rings. The van der Waals surface area contributed by atoms with Gasteiger partial charge in [0.1, 0.15) is 11.2 Å². The molecule has 0 radical (unpaired) electrons. The molecule has 0 amide bonds. The first-order chi connectivity index (χ1) is 26.2. The first kappa shape index (κ1) is 30.6. The van der Waals surface area contributed by atoms with Crippen molar-refractivity contribution >= 4 is 32.7 Å². The molecule has 2 aromatic heterocycles. The molecule has 53 heavy (non-hydrogen) atoms. The first-order valence-electron chi connectivity index (χ1n) is 17.8. The normalized spacial score (nSPS) is 11.4. The van der Waals surface area contributed by atoms with Crippen molar-refractivity contribution in [1.82, 2.24) is 15.0 Å². The van der Waals surface area contributed by atoms with E-state index in [1.807, 2.05) is 42.5 Å². The standard InChI is InChI=1S/C49H31N3O/c1-3-11-34(12-4-1)42-19-10-20-44-46(42)43-30-29-39(31-45(43)53-44)32-21-25-37(26-22-32)48-50-47(36-14-5-2-6-15-36)51-49(52-48)38-27-23-35(24-28-38)41-18-9-16-33-13-7-8-17-40(33)41/h1-31H. The summed E-state index contributed by atoms with van der Waals surface area (Å²) in [7, 11) is 0. The minimum Gasteiger partial charge on any atom is -0.456 e. The topological polar surface area (TPSA) is 51.8 Å². The fourth-order valence-corrected chi connectivity index (χ4v) is 7.30. The van der Waals surface area contributed by atoms with Gasteiger partial charge in [-0.15, -0.1) is 0 Å². The summed E-state index contributed by atoms with van der Waals surface area (Å²) in [5.74, 6) is 1.89. The summed E-state index contributed by atoms with van der Waals surface area (Å²) in [6, 6.07) is 65.2. The van der Waals surface area contributed by atoms with Crippen LogP contribution < -0.4 is 0 Å². The van der Waals surface area contributed by atoms with Crippen LogP contribution in [0.3, 0.4) is 0 Å². The summed E-state index contributed by atoms with van der Waals surface area (Å²) in [6.07, 6.45) is 0. The molecule has 4 heteroatoms. The summed E-state index contributed by atoms with van der Waals surface area (Å²) < 4.78 is 6.40. The van der Waals surface area contributed by atoms with E-state index in [0.29, 0.717) is 17.5 Å². The van der Waals surface area contributed by atoms with E-state index in [9.17, 15) is 0 Å². The van der Waals surface area contributed by atoms with E-state index in [2.05, 4.69) is 146 Å². The Labute approximate surface area is 306 Å². The fraction of sp³-hybridized carbons (Fsp3) is 0. The van der Waals surface area contributed by atoms with E-state index < -0.39 is 0 Å². The van der Waals surface area contributed by atoms with Crippen LogP contribution in [0.25, 0.3) is 100 Å². The molecule has 10 rings (SSSR count). The van der Waals surface area contributed by atoms with Gasteiger partial charge >= 0.3 is 0 Å². The van der Waals surface area contributed by atoms with Crippen LogP contribution in [0.4, 0.5) is 0 Å². The van der Waals surface area contributed by atoms with Gasteiger partial charge in [0.25, 0.3) is 0 Å². The molecule has 248 valence electrons. The van der Waals surface area contributed by atoms with Gasteiger partial charge in [0.15, 0.2) is 17.5 Å². The molecule has 8 aromatic carbocycles. The number of furan rings is 1. The van der Waals surface area contributed by atoms with Crippen molar-refractivity contribution in [2.45, 2.75) is 0 Å². The highest BCUT2D eigenvalue weighted by atomic mass is 16.3. The van der Waals surface area contributed by atoms with Crippen LogP contribution in [0.5, 0.6) is 0 Å². The number of hydrogen-bond acceptors (Lipinski definition) is 4. The summed E-state index contributed by atoms with van der Waals surface area (Å²) >= 11 is 0. The summed E-state index contributed by atoms with van der Waals surface area (Å²) in [4.78, 5) is 14.9. The van der Waals surface area contributed by atoms with Gasteiger partial charge in [-0.2, -0.15) is 0 Å². The van der Waals surface area contributed by atoms with Crippen molar-refractivity contribution in [3.05, 3.63) is 188 Å². The molecule has 0 saturated carbocycles. The highest BCUT2D eigenvalue weighted by Gasteiger charge is 2.15. The number of nitrogens with zero attached hydrogens (tertiary/aromatic N) is 3. The molecule has 0 saturated heterocycles. The van der Waals surface area contributed by atoms with Gasteiger partial charge in [-0.25, -0.2) is 15.0 Å². The predicted molar refractivity (Wildman–Crippen MR) is 217 cm³/mol. The maximum Gasteiger partial charge on any atom is 0.164 e.